The van der Waals surface area contributed by atoms with E-state index in [9.17, 15) is 4.39 Å². The Labute approximate surface area is 112 Å². The first-order valence-electron chi connectivity index (χ1n) is 6.07. The van der Waals surface area contributed by atoms with E-state index < -0.39 is 5.82 Å². The molecule has 0 aliphatic carbocycles. The lowest BCUT2D eigenvalue weighted by Crippen LogP contribution is -2.33. The van der Waals surface area contributed by atoms with E-state index in [4.69, 9.17) is 22.1 Å². The third-order valence-corrected chi connectivity index (χ3v) is 3.79. The lowest BCUT2D eigenvalue weighted by molar-refractivity contribution is 0.101. The van der Waals surface area contributed by atoms with Crippen molar-refractivity contribution < 1.29 is 9.13 Å². The maximum atomic E-state index is 13.2. The lowest BCUT2D eigenvalue weighted by Gasteiger charge is -2.27. The topological polar surface area (TPSA) is 38.5 Å². The fourth-order valence-corrected chi connectivity index (χ4v) is 2.63. The van der Waals surface area contributed by atoms with Crippen LogP contribution in [0.25, 0.3) is 0 Å². The largest absolute Gasteiger partial charge is 0.380 e. The highest BCUT2D eigenvalue weighted by Gasteiger charge is 2.28. The number of hydrogen-bond donors (Lipinski definition) is 1. The smallest absolute Gasteiger partial charge is 0.141 e. The molecule has 5 heteroatoms. The second kappa shape index (κ2) is 5.97. The quantitative estimate of drug-likeness (QED) is 0.913. The Kier molecular flexibility index (Phi) is 4.56. The molecule has 18 heavy (non-hydrogen) atoms. The van der Waals surface area contributed by atoms with Crippen LogP contribution >= 0.6 is 11.6 Å². The summed E-state index contributed by atoms with van der Waals surface area (Å²) in [7, 11) is 1.72. The SMILES string of the molecule is COC1CCN(C(CN)c2ccc(F)c(Cl)c2)C1. The summed E-state index contributed by atoms with van der Waals surface area (Å²) < 4.78 is 18.5. The van der Waals surface area contributed by atoms with Gasteiger partial charge in [-0.25, -0.2) is 4.39 Å². The Morgan fingerprint density at radius 3 is 2.94 bits per heavy atom. The van der Waals surface area contributed by atoms with Gasteiger partial charge in [-0.3, -0.25) is 4.90 Å². The Bertz CT molecular complexity index is 416. The molecular formula is C13H18ClFN2O. The molecule has 0 radical (unpaired) electrons. The van der Waals surface area contributed by atoms with Crippen LogP contribution in [-0.2, 0) is 4.74 Å². The van der Waals surface area contributed by atoms with Gasteiger partial charge in [0.25, 0.3) is 0 Å². The highest BCUT2D eigenvalue weighted by molar-refractivity contribution is 6.30. The zero-order chi connectivity index (χ0) is 13.1. The van der Waals surface area contributed by atoms with Crippen molar-refractivity contribution in [1.82, 2.24) is 4.90 Å². The van der Waals surface area contributed by atoms with E-state index in [1.807, 2.05) is 0 Å². The molecule has 1 heterocycles. The number of nitrogens with two attached hydrogens (primary N) is 1. The average Bonchev–Trinajstić information content (AvgIpc) is 2.83. The summed E-state index contributed by atoms with van der Waals surface area (Å²) >= 11 is 5.82. The third kappa shape index (κ3) is 2.83. The molecule has 2 atom stereocenters. The minimum atomic E-state index is -0.396. The predicted octanol–water partition coefficient (Wildman–Crippen LogP) is 2.20. The van der Waals surface area contributed by atoms with Crippen molar-refractivity contribution in [2.45, 2.75) is 18.6 Å². The van der Waals surface area contributed by atoms with E-state index in [-0.39, 0.29) is 17.2 Å². The van der Waals surface area contributed by atoms with Gasteiger partial charge < -0.3 is 10.5 Å². The summed E-state index contributed by atoms with van der Waals surface area (Å²) in [6, 6.07) is 4.88. The van der Waals surface area contributed by atoms with Gasteiger partial charge in [0, 0.05) is 32.8 Å². The highest BCUT2D eigenvalue weighted by atomic mass is 35.5. The van der Waals surface area contributed by atoms with Crippen LogP contribution < -0.4 is 5.73 Å². The van der Waals surface area contributed by atoms with Gasteiger partial charge in [0.15, 0.2) is 0 Å². The molecule has 3 nitrogen and oxygen atoms in total. The predicted molar refractivity (Wildman–Crippen MR) is 70.2 cm³/mol. The van der Waals surface area contributed by atoms with Crippen molar-refractivity contribution in [1.29, 1.82) is 0 Å². The molecule has 1 saturated heterocycles. The second-order valence-corrected chi connectivity index (χ2v) is 4.97. The van der Waals surface area contributed by atoms with Crippen molar-refractivity contribution in [3.8, 4) is 0 Å². The number of ether oxygens (including phenoxy) is 1. The molecule has 1 aliphatic heterocycles. The van der Waals surface area contributed by atoms with Gasteiger partial charge in [-0.2, -0.15) is 0 Å². The molecule has 1 aromatic rings. The average molecular weight is 273 g/mol. The second-order valence-electron chi connectivity index (χ2n) is 4.57. The lowest BCUT2D eigenvalue weighted by atomic mass is 10.1. The fourth-order valence-electron chi connectivity index (χ4n) is 2.45. The number of hydrogen-bond acceptors (Lipinski definition) is 3. The minimum absolute atomic E-state index is 0.0725. The maximum Gasteiger partial charge on any atom is 0.141 e. The normalized spacial score (nSPS) is 22.3. The molecule has 2 rings (SSSR count). The van der Waals surface area contributed by atoms with E-state index in [1.165, 1.54) is 6.07 Å². The van der Waals surface area contributed by atoms with Gasteiger partial charge in [0.1, 0.15) is 5.82 Å². The first-order valence-corrected chi connectivity index (χ1v) is 6.45. The van der Waals surface area contributed by atoms with E-state index in [1.54, 1.807) is 19.2 Å². The summed E-state index contributed by atoms with van der Waals surface area (Å²) in [5.74, 6) is -0.396. The summed E-state index contributed by atoms with van der Waals surface area (Å²) in [6.45, 7) is 2.28. The van der Waals surface area contributed by atoms with Gasteiger partial charge in [-0.05, 0) is 24.1 Å². The number of nitrogens with zero attached hydrogens (tertiary/aromatic N) is 1. The highest BCUT2D eigenvalue weighted by Crippen LogP contribution is 2.28. The Balaban J connectivity index is 2.15. The number of benzene rings is 1. The van der Waals surface area contributed by atoms with Crippen molar-refractivity contribution in [2.24, 2.45) is 5.73 Å². The van der Waals surface area contributed by atoms with Crippen LogP contribution in [0.15, 0.2) is 18.2 Å². The van der Waals surface area contributed by atoms with Gasteiger partial charge >= 0.3 is 0 Å². The van der Waals surface area contributed by atoms with Crippen LogP contribution in [0.2, 0.25) is 5.02 Å². The van der Waals surface area contributed by atoms with Crippen LogP contribution in [0, 0.1) is 5.82 Å². The monoisotopic (exact) mass is 272 g/mol. The zero-order valence-electron chi connectivity index (χ0n) is 10.4. The van der Waals surface area contributed by atoms with Gasteiger partial charge in [-0.1, -0.05) is 17.7 Å². The molecule has 1 aromatic carbocycles. The van der Waals surface area contributed by atoms with E-state index in [2.05, 4.69) is 4.90 Å². The van der Waals surface area contributed by atoms with Crippen molar-refractivity contribution in [2.75, 3.05) is 26.7 Å². The van der Waals surface area contributed by atoms with Crippen LogP contribution in [0.4, 0.5) is 4.39 Å². The van der Waals surface area contributed by atoms with Crippen LogP contribution in [-0.4, -0.2) is 37.7 Å². The van der Waals surface area contributed by atoms with Crippen LogP contribution in [0.1, 0.15) is 18.0 Å². The Hall–Kier alpha value is -0.680. The maximum absolute atomic E-state index is 13.2. The van der Waals surface area contributed by atoms with Crippen LogP contribution in [0.5, 0.6) is 0 Å². The third-order valence-electron chi connectivity index (χ3n) is 3.50. The molecule has 1 fully saturated rings. The Morgan fingerprint density at radius 2 is 2.39 bits per heavy atom. The fraction of sp³-hybridized carbons (Fsp3) is 0.538. The minimum Gasteiger partial charge on any atom is -0.380 e. The zero-order valence-corrected chi connectivity index (χ0v) is 11.2. The Morgan fingerprint density at radius 1 is 1.61 bits per heavy atom. The molecular weight excluding hydrogens is 255 g/mol. The first-order chi connectivity index (χ1) is 8.65. The number of likely N-dealkylation sites (tertiary alicyclic amines) is 1. The molecule has 0 amide bonds. The van der Waals surface area contributed by atoms with E-state index in [0.717, 1.165) is 25.1 Å². The van der Waals surface area contributed by atoms with Gasteiger partial charge in [0.2, 0.25) is 0 Å². The van der Waals surface area contributed by atoms with Crippen molar-refractivity contribution in [3.05, 3.63) is 34.6 Å². The van der Waals surface area contributed by atoms with Gasteiger partial charge in [0.05, 0.1) is 11.1 Å². The molecule has 2 unspecified atom stereocenters. The van der Waals surface area contributed by atoms with Gasteiger partial charge in [-0.15, -0.1) is 0 Å². The first kappa shape index (κ1) is 13.7. The van der Waals surface area contributed by atoms with Crippen molar-refractivity contribution >= 4 is 11.6 Å². The summed E-state index contributed by atoms with van der Waals surface area (Å²) in [4.78, 5) is 2.26. The summed E-state index contributed by atoms with van der Waals surface area (Å²) in [6.07, 6.45) is 1.26. The molecule has 0 bridgehead atoms. The number of methoxy groups -OCH3 is 1. The van der Waals surface area contributed by atoms with E-state index >= 15 is 0 Å². The number of halogens is 2. The summed E-state index contributed by atoms with van der Waals surface area (Å²) in [5.41, 5.74) is 6.80. The van der Waals surface area contributed by atoms with Crippen LogP contribution in [0.3, 0.4) is 0 Å². The number of rotatable bonds is 4. The molecule has 1 aliphatic rings. The summed E-state index contributed by atoms with van der Waals surface area (Å²) in [5, 5.41) is 0.147. The standard InChI is InChI=1S/C13H18ClFN2O/c1-18-10-4-5-17(8-10)13(7-16)9-2-3-12(15)11(14)6-9/h2-3,6,10,13H,4-5,7-8,16H2,1H3. The van der Waals surface area contributed by atoms with E-state index in [0.29, 0.717) is 6.54 Å². The molecule has 2 N–H and O–H groups in total. The molecule has 100 valence electrons. The van der Waals surface area contributed by atoms with Crippen molar-refractivity contribution in [3.63, 3.8) is 0 Å². The molecule has 0 spiro atoms. The molecule has 0 saturated carbocycles. The molecule has 0 aromatic heterocycles.